The maximum Gasteiger partial charge on any atom is 0.271 e. The van der Waals surface area contributed by atoms with E-state index in [0.717, 1.165) is 12.8 Å². The lowest BCUT2D eigenvalue weighted by Crippen LogP contribution is -2.40. The summed E-state index contributed by atoms with van der Waals surface area (Å²) in [6, 6.07) is 4.71. The van der Waals surface area contributed by atoms with Crippen LogP contribution in [0.2, 0.25) is 5.02 Å². The van der Waals surface area contributed by atoms with Gasteiger partial charge in [0.05, 0.1) is 15.6 Å². The highest BCUT2D eigenvalue weighted by atomic mass is 35.5. The van der Waals surface area contributed by atoms with E-state index in [0.29, 0.717) is 21.9 Å². The Bertz CT molecular complexity index is 547. The van der Waals surface area contributed by atoms with Crippen LogP contribution in [0.1, 0.15) is 32.1 Å². The molecule has 114 valence electrons. The molecule has 0 radical (unpaired) electrons. The number of nitro groups is 1. The number of thiocarbonyl (C=S) groups is 1. The van der Waals surface area contributed by atoms with Gasteiger partial charge in [0.25, 0.3) is 5.69 Å². The number of halogens is 1. The fourth-order valence-corrected chi connectivity index (χ4v) is 2.98. The molecule has 1 aromatic rings. The normalized spacial score (nSPS) is 15.5. The Kier molecular flexibility index (Phi) is 5.36. The summed E-state index contributed by atoms with van der Waals surface area (Å²) >= 11 is 11.5. The summed E-state index contributed by atoms with van der Waals surface area (Å²) in [4.78, 5) is 12.4. The molecule has 0 saturated heterocycles. The van der Waals surface area contributed by atoms with E-state index in [1.807, 2.05) is 11.9 Å². The molecule has 5 nitrogen and oxygen atoms in total. The predicted octanol–water partition coefficient (Wildman–Crippen LogP) is 4.21. The molecule has 0 unspecified atom stereocenters. The fourth-order valence-electron chi connectivity index (χ4n) is 2.56. The third-order valence-corrected chi connectivity index (χ3v) is 4.56. The Labute approximate surface area is 134 Å². The number of nitro benzene ring substituents is 1. The van der Waals surface area contributed by atoms with E-state index in [9.17, 15) is 10.1 Å². The van der Waals surface area contributed by atoms with Crippen molar-refractivity contribution >= 4 is 40.3 Å². The number of hydrogen-bond donors (Lipinski definition) is 1. The van der Waals surface area contributed by atoms with Crippen LogP contribution in [0.5, 0.6) is 0 Å². The van der Waals surface area contributed by atoms with Crippen molar-refractivity contribution in [1.82, 2.24) is 4.90 Å². The summed E-state index contributed by atoms with van der Waals surface area (Å²) in [5, 5.41) is 14.8. The molecule has 1 N–H and O–H groups in total. The molecule has 0 amide bonds. The zero-order valence-electron chi connectivity index (χ0n) is 11.8. The molecule has 1 aromatic carbocycles. The Balaban J connectivity index is 2.07. The van der Waals surface area contributed by atoms with Crippen LogP contribution in [-0.2, 0) is 0 Å². The van der Waals surface area contributed by atoms with E-state index in [-0.39, 0.29) is 5.69 Å². The standard InChI is InChI=1S/C14H18ClN3O2S/c1-17(10-5-3-2-4-6-10)14(21)16-13-9-11(18(19)20)7-8-12(13)15/h7-10H,2-6H2,1H3,(H,16,21). The highest BCUT2D eigenvalue weighted by Gasteiger charge is 2.20. The predicted molar refractivity (Wildman–Crippen MR) is 89.0 cm³/mol. The lowest BCUT2D eigenvalue weighted by Gasteiger charge is -2.33. The Morgan fingerprint density at radius 2 is 2.10 bits per heavy atom. The zero-order chi connectivity index (χ0) is 15.4. The van der Waals surface area contributed by atoms with Gasteiger partial charge in [0.2, 0.25) is 0 Å². The first kappa shape index (κ1) is 16.0. The van der Waals surface area contributed by atoms with Gasteiger partial charge in [-0.05, 0) is 31.1 Å². The summed E-state index contributed by atoms with van der Waals surface area (Å²) in [5.41, 5.74) is 0.462. The molecular formula is C14H18ClN3O2S. The monoisotopic (exact) mass is 327 g/mol. The molecule has 1 aliphatic carbocycles. The van der Waals surface area contributed by atoms with Gasteiger partial charge in [-0.1, -0.05) is 30.9 Å². The van der Waals surface area contributed by atoms with Crippen LogP contribution in [0.4, 0.5) is 11.4 Å². The average Bonchev–Trinajstić information content (AvgIpc) is 2.49. The molecule has 0 atom stereocenters. The first-order valence-electron chi connectivity index (χ1n) is 6.97. The van der Waals surface area contributed by atoms with Crippen molar-refractivity contribution in [3.05, 3.63) is 33.3 Å². The summed E-state index contributed by atoms with van der Waals surface area (Å²) in [6.07, 6.45) is 5.97. The maximum atomic E-state index is 10.8. The van der Waals surface area contributed by atoms with Gasteiger partial charge in [-0.3, -0.25) is 10.1 Å². The minimum absolute atomic E-state index is 0.00924. The van der Waals surface area contributed by atoms with E-state index < -0.39 is 4.92 Å². The highest BCUT2D eigenvalue weighted by molar-refractivity contribution is 7.80. The van der Waals surface area contributed by atoms with Crippen LogP contribution in [-0.4, -0.2) is 28.0 Å². The molecular weight excluding hydrogens is 310 g/mol. The van der Waals surface area contributed by atoms with Crippen molar-refractivity contribution in [3.63, 3.8) is 0 Å². The van der Waals surface area contributed by atoms with E-state index in [1.165, 1.54) is 37.5 Å². The minimum Gasteiger partial charge on any atom is -0.349 e. The zero-order valence-corrected chi connectivity index (χ0v) is 13.4. The molecule has 1 saturated carbocycles. The van der Waals surface area contributed by atoms with Gasteiger partial charge in [-0.15, -0.1) is 0 Å². The van der Waals surface area contributed by atoms with Crippen LogP contribution in [0, 0.1) is 10.1 Å². The first-order chi connectivity index (χ1) is 9.99. The molecule has 7 heteroatoms. The molecule has 1 fully saturated rings. The van der Waals surface area contributed by atoms with Crippen molar-refractivity contribution in [2.75, 3.05) is 12.4 Å². The largest absolute Gasteiger partial charge is 0.349 e. The minimum atomic E-state index is -0.449. The number of nitrogens with zero attached hydrogens (tertiary/aromatic N) is 2. The number of benzene rings is 1. The maximum absolute atomic E-state index is 10.8. The van der Waals surface area contributed by atoms with Crippen LogP contribution in [0.3, 0.4) is 0 Å². The Hall–Kier alpha value is -1.40. The number of hydrogen-bond acceptors (Lipinski definition) is 3. The van der Waals surface area contributed by atoms with E-state index in [1.54, 1.807) is 0 Å². The molecule has 21 heavy (non-hydrogen) atoms. The van der Waals surface area contributed by atoms with Gasteiger partial charge in [0.15, 0.2) is 5.11 Å². The molecule has 0 heterocycles. The van der Waals surface area contributed by atoms with Gasteiger partial charge in [0, 0.05) is 25.2 Å². The quantitative estimate of drug-likeness (QED) is 0.512. The summed E-state index contributed by atoms with van der Waals surface area (Å²) in [6.45, 7) is 0. The van der Waals surface area contributed by atoms with Crippen molar-refractivity contribution in [1.29, 1.82) is 0 Å². The second kappa shape index (κ2) is 7.04. The smallest absolute Gasteiger partial charge is 0.271 e. The molecule has 0 aromatic heterocycles. The second-order valence-electron chi connectivity index (χ2n) is 5.25. The summed E-state index contributed by atoms with van der Waals surface area (Å²) < 4.78 is 0. The van der Waals surface area contributed by atoms with Crippen molar-refractivity contribution < 1.29 is 4.92 Å². The average molecular weight is 328 g/mol. The fraction of sp³-hybridized carbons (Fsp3) is 0.500. The van der Waals surface area contributed by atoms with E-state index >= 15 is 0 Å². The molecule has 0 spiro atoms. The molecule has 1 aliphatic rings. The molecule has 2 rings (SSSR count). The van der Waals surface area contributed by atoms with Gasteiger partial charge >= 0.3 is 0 Å². The molecule has 0 bridgehead atoms. The number of non-ortho nitro benzene ring substituents is 1. The van der Waals surface area contributed by atoms with E-state index in [2.05, 4.69) is 5.32 Å². The van der Waals surface area contributed by atoms with Crippen molar-refractivity contribution in [3.8, 4) is 0 Å². The summed E-state index contributed by atoms with van der Waals surface area (Å²) in [5.74, 6) is 0. The highest BCUT2D eigenvalue weighted by Crippen LogP contribution is 2.28. The Morgan fingerprint density at radius 1 is 1.43 bits per heavy atom. The Morgan fingerprint density at radius 3 is 2.71 bits per heavy atom. The van der Waals surface area contributed by atoms with Gasteiger partial charge in [0.1, 0.15) is 0 Å². The van der Waals surface area contributed by atoms with E-state index in [4.69, 9.17) is 23.8 Å². The number of rotatable bonds is 3. The van der Waals surface area contributed by atoms with Gasteiger partial charge in [-0.25, -0.2) is 0 Å². The second-order valence-corrected chi connectivity index (χ2v) is 6.05. The number of anilines is 1. The van der Waals surface area contributed by atoms with Crippen LogP contribution < -0.4 is 5.32 Å². The van der Waals surface area contributed by atoms with Crippen molar-refractivity contribution in [2.24, 2.45) is 0 Å². The van der Waals surface area contributed by atoms with Crippen LogP contribution >= 0.6 is 23.8 Å². The van der Waals surface area contributed by atoms with Gasteiger partial charge < -0.3 is 10.2 Å². The van der Waals surface area contributed by atoms with Crippen LogP contribution in [0.25, 0.3) is 0 Å². The SMILES string of the molecule is CN(C(=S)Nc1cc([N+](=O)[O-])ccc1Cl)C1CCCCC1. The van der Waals surface area contributed by atoms with Crippen LogP contribution in [0.15, 0.2) is 18.2 Å². The topological polar surface area (TPSA) is 58.4 Å². The molecule has 0 aliphatic heterocycles. The first-order valence-corrected chi connectivity index (χ1v) is 7.75. The van der Waals surface area contributed by atoms with Crippen molar-refractivity contribution in [2.45, 2.75) is 38.1 Å². The summed E-state index contributed by atoms with van der Waals surface area (Å²) in [7, 11) is 1.95. The third kappa shape index (κ3) is 4.04. The lowest BCUT2D eigenvalue weighted by molar-refractivity contribution is -0.384. The lowest BCUT2D eigenvalue weighted by atomic mass is 9.95. The third-order valence-electron chi connectivity index (χ3n) is 3.85. The van der Waals surface area contributed by atoms with Gasteiger partial charge in [-0.2, -0.15) is 0 Å². The number of nitrogens with one attached hydrogen (secondary N) is 1.